The first-order valence-corrected chi connectivity index (χ1v) is 5.02. The van der Waals surface area contributed by atoms with Crippen molar-refractivity contribution in [2.24, 2.45) is 0 Å². The predicted octanol–water partition coefficient (Wildman–Crippen LogP) is 2.01. The van der Waals surface area contributed by atoms with Crippen LogP contribution in [0.5, 0.6) is 0 Å². The quantitative estimate of drug-likeness (QED) is 0.460. The largest absolute Gasteiger partial charge is 0.396 e. The Labute approximate surface area is 89.9 Å². The molecule has 0 radical (unpaired) electrons. The molecule has 1 rings (SSSR count). The summed E-state index contributed by atoms with van der Waals surface area (Å²) in [6.07, 6.45) is 3.25. The Hall–Kier alpha value is -1.59. The summed E-state index contributed by atoms with van der Waals surface area (Å²) < 4.78 is 0. The molecule has 78 valence electrons. The molecule has 0 fully saturated rings. The first-order chi connectivity index (χ1) is 7.38. The van der Waals surface area contributed by atoms with E-state index in [4.69, 9.17) is 5.11 Å². The van der Waals surface area contributed by atoms with Crippen molar-refractivity contribution >= 4 is 6.29 Å². The highest BCUT2D eigenvalue weighted by atomic mass is 16.2. The van der Waals surface area contributed by atoms with Gasteiger partial charge in [-0.2, -0.15) is 0 Å². The molecular formula is C13H14O2. The summed E-state index contributed by atoms with van der Waals surface area (Å²) >= 11 is 0. The van der Waals surface area contributed by atoms with Crippen molar-refractivity contribution in [3.8, 4) is 11.8 Å². The van der Waals surface area contributed by atoms with Gasteiger partial charge in [-0.15, -0.1) is 0 Å². The number of hydrogen-bond acceptors (Lipinski definition) is 2. The number of aliphatic hydroxyl groups excluding tert-OH is 1. The minimum atomic E-state index is 0.215. The number of aldehydes is 1. The van der Waals surface area contributed by atoms with Crippen LogP contribution in [-0.4, -0.2) is 18.0 Å². The van der Waals surface area contributed by atoms with E-state index < -0.39 is 0 Å². The molecule has 0 saturated carbocycles. The van der Waals surface area contributed by atoms with E-state index in [0.717, 1.165) is 31.1 Å². The van der Waals surface area contributed by atoms with Crippen LogP contribution >= 0.6 is 0 Å². The molecule has 0 spiro atoms. The van der Waals surface area contributed by atoms with Crippen LogP contribution in [0.15, 0.2) is 24.3 Å². The maximum atomic E-state index is 10.7. The number of aliphatic hydroxyl groups is 1. The fourth-order valence-electron chi connectivity index (χ4n) is 1.20. The Kier molecular flexibility index (Phi) is 5.21. The third-order valence-corrected chi connectivity index (χ3v) is 2.02. The highest BCUT2D eigenvalue weighted by Crippen LogP contribution is 2.04. The average molecular weight is 202 g/mol. The lowest BCUT2D eigenvalue weighted by molar-refractivity contribution is 0.112. The van der Waals surface area contributed by atoms with E-state index in [2.05, 4.69) is 11.8 Å². The Balaban J connectivity index is 2.59. The molecule has 1 aromatic rings. The van der Waals surface area contributed by atoms with Crippen LogP contribution in [0.1, 0.15) is 35.2 Å². The summed E-state index contributed by atoms with van der Waals surface area (Å²) in [7, 11) is 0. The Morgan fingerprint density at radius 1 is 1.27 bits per heavy atom. The molecule has 0 amide bonds. The molecule has 0 aromatic heterocycles. The van der Waals surface area contributed by atoms with Gasteiger partial charge >= 0.3 is 0 Å². The van der Waals surface area contributed by atoms with Gasteiger partial charge in [0.2, 0.25) is 0 Å². The summed E-state index contributed by atoms with van der Waals surface area (Å²) in [4.78, 5) is 10.7. The third-order valence-electron chi connectivity index (χ3n) is 2.02. The molecule has 0 aliphatic heterocycles. The van der Waals surface area contributed by atoms with Gasteiger partial charge in [0.05, 0.1) is 0 Å². The van der Waals surface area contributed by atoms with Crippen LogP contribution < -0.4 is 0 Å². The van der Waals surface area contributed by atoms with E-state index in [9.17, 15) is 4.79 Å². The summed E-state index contributed by atoms with van der Waals surface area (Å²) in [6, 6.07) is 7.28. The second-order valence-electron chi connectivity index (χ2n) is 3.19. The standard InChI is InChI=1S/C13H14O2/c14-10-6-2-1-3-7-12-8-4-5-9-13(12)11-15/h4-5,8-9,11,14H,1-2,6,10H2. The zero-order chi connectivity index (χ0) is 10.9. The van der Waals surface area contributed by atoms with E-state index in [1.807, 2.05) is 18.2 Å². The van der Waals surface area contributed by atoms with Crippen molar-refractivity contribution < 1.29 is 9.90 Å². The molecule has 15 heavy (non-hydrogen) atoms. The number of rotatable bonds is 4. The summed E-state index contributed by atoms with van der Waals surface area (Å²) in [5.41, 5.74) is 1.41. The van der Waals surface area contributed by atoms with Gasteiger partial charge < -0.3 is 5.11 Å². The smallest absolute Gasteiger partial charge is 0.151 e. The molecule has 0 saturated heterocycles. The maximum absolute atomic E-state index is 10.7. The van der Waals surface area contributed by atoms with Crippen LogP contribution in [0.4, 0.5) is 0 Å². The number of carbonyl (C=O) groups is 1. The molecule has 1 N–H and O–H groups in total. The van der Waals surface area contributed by atoms with E-state index in [0.29, 0.717) is 5.56 Å². The van der Waals surface area contributed by atoms with Gasteiger partial charge in [0, 0.05) is 24.2 Å². The van der Waals surface area contributed by atoms with E-state index in [-0.39, 0.29) is 6.61 Å². The number of hydrogen-bond donors (Lipinski definition) is 1. The topological polar surface area (TPSA) is 37.3 Å². The predicted molar refractivity (Wildman–Crippen MR) is 59.6 cm³/mol. The fraction of sp³-hybridized carbons (Fsp3) is 0.308. The van der Waals surface area contributed by atoms with E-state index in [1.165, 1.54) is 0 Å². The monoisotopic (exact) mass is 202 g/mol. The van der Waals surface area contributed by atoms with Gasteiger partial charge in [0.25, 0.3) is 0 Å². The van der Waals surface area contributed by atoms with Crippen LogP contribution in [0.25, 0.3) is 0 Å². The van der Waals surface area contributed by atoms with Crippen LogP contribution in [0, 0.1) is 11.8 Å². The molecular weight excluding hydrogens is 188 g/mol. The molecule has 0 atom stereocenters. The number of carbonyl (C=O) groups excluding carboxylic acids is 1. The van der Waals surface area contributed by atoms with Gasteiger partial charge in [0.15, 0.2) is 6.29 Å². The first-order valence-electron chi connectivity index (χ1n) is 5.02. The Morgan fingerprint density at radius 3 is 2.80 bits per heavy atom. The lowest BCUT2D eigenvalue weighted by Crippen LogP contribution is -1.85. The van der Waals surface area contributed by atoms with Crippen molar-refractivity contribution in [2.45, 2.75) is 19.3 Å². The Bertz CT molecular complexity index is 372. The maximum Gasteiger partial charge on any atom is 0.151 e. The zero-order valence-electron chi connectivity index (χ0n) is 8.57. The summed E-state index contributed by atoms with van der Waals surface area (Å²) in [5.74, 6) is 5.95. The molecule has 0 bridgehead atoms. The van der Waals surface area contributed by atoms with Crippen molar-refractivity contribution in [3.63, 3.8) is 0 Å². The first kappa shape index (κ1) is 11.5. The molecule has 0 unspecified atom stereocenters. The SMILES string of the molecule is O=Cc1ccccc1C#CCCCCO. The van der Waals surface area contributed by atoms with Crippen molar-refractivity contribution in [1.29, 1.82) is 0 Å². The van der Waals surface area contributed by atoms with Crippen molar-refractivity contribution in [2.75, 3.05) is 6.61 Å². The lowest BCUT2D eigenvalue weighted by Gasteiger charge is -1.94. The van der Waals surface area contributed by atoms with E-state index >= 15 is 0 Å². The van der Waals surface area contributed by atoms with Crippen LogP contribution in [0.3, 0.4) is 0 Å². The van der Waals surface area contributed by atoms with Crippen LogP contribution in [-0.2, 0) is 0 Å². The van der Waals surface area contributed by atoms with Gasteiger partial charge in [-0.05, 0) is 18.9 Å². The molecule has 1 aromatic carbocycles. The van der Waals surface area contributed by atoms with Gasteiger partial charge in [-0.25, -0.2) is 0 Å². The molecule has 0 heterocycles. The average Bonchev–Trinajstić information content (AvgIpc) is 2.29. The molecule has 2 heteroatoms. The minimum absolute atomic E-state index is 0.215. The molecule has 0 aliphatic rings. The van der Waals surface area contributed by atoms with Crippen molar-refractivity contribution in [1.82, 2.24) is 0 Å². The lowest BCUT2D eigenvalue weighted by atomic mass is 10.1. The Morgan fingerprint density at radius 2 is 2.07 bits per heavy atom. The second-order valence-corrected chi connectivity index (χ2v) is 3.19. The van der Waals surface area contributed by atoms with Crippen molar-refractivity contribution in [3.05, 3.63) is 35.4 Å². The van der Waals surface area contributed by atoms with Gasteiger partial charge in [-0.3, -0.25) is 4.79 Å². The van der Waals surface area contributed by atoms with Gasteiger partial charge in [0.1, 0.15) is 0 Å². The zero-order valence-corrected chi connectivity index (χ0v) is 8.57. The summed E-state index contributed by atoms with van der Waals surface area (Å²) in [5, 5.41) is 8.57. The van der Waals surface area contributed by atoms with Gasteiger partial charge in [-0.1, -0.05) is 30.0 Å². The summed E-state index contributed by atoms with van der Waals surface area (Å²) in [6.45, 7) is 0.215. The fourth-order valence-corrected chi connectivity index (χ4v) is 1.20. The highest BCUT2D eigenvalue weighted by molar-refractivity contribution is 5.79. The normalized spacial score (nSPS) is 9.13. The second kappa shape index (κ2) is 6.80. The number of unbranched alkanes of at least 4 members (excludes halogenated alkanes) is 2. The van der Waals surface area contributed by atoms with Crippen LogP contribution in [0.2, 0.25) is 0 Å². The molecule has 2 nitrogen and oxygen atoms in total. The highest BCUT2D eigenvalue weighted by Gasteiger charge is 1.94. The third kappa shape index (κ3) is 3.97. The minimum Gasteiger partial charge on any atom is -0.396 e. The molecule has 0 aliphatic carbocycles. The number of benzene rings is 1. The van der Waals surface area contributed by atoms with E-state index in [1.54, 1.807) is 6.07 Å².